The number of hydrogen-bond acceptors (Lipinski definition) is 4. The first-order valence-electron chi connectivity index (χ1n) is 7.96. The molecule has 4 aromatic rings. The van der Waals surface area contributed by atoms with Crippen LogP contribution in [0.2, 0.25) is 5.02 Å². The maximum atomic E-state index is 5.95. The van der Waals surface area contributed by atoms with Gasteiger partial charge in [-0.15, -0.1) is 0 Å². The van der Waals surface area contributed by atoms with E-state index in [9.17, 15) is 0 Å². The number of anilines is 1. The second-order valence-corrected chi connectivity index (χ2v) is 6.05. The fraction of sp³-hybridized carbons (Fsp3) is 0.0500. The minimum Gasteiger partial charge on any atom is -0.364 e. The standard InChI is InChI=1S/C20H15ClN4/c21-16-10-8-14(9-11-16)13-23-20-18(15-5-2-1-3-6-15)24-17-7-4-12-22-19(17)25-20/h1-12H,13H2,(H,22,23,25). The quantitative estimate of drug-likeness (QED) is 0.567. The lowest BCUT2D eigenvalue weighted by atomic mass is 10.1. The Balaban J connectivity index is 1.73. The van der Waals surface area contributed by atoms with Crippen molar-refractivity contribution in [3.63, 3.8) is 0 Å². The van der Waals surface area contributed by atoms with E-state index in [1.54, 1.807) is 6.20 Å². The fourth-order valence-electron chi connectivity index (χ4n) is 2.60. The molecule has 122 valence electrons. The fourth-order valence-corrected chi connectivity index (χ4v) is 2.73. The number of fused-ring (bicyclic) bond motifs is 1. The minimum absolute atomic E-state index is 0.626. The number of halogens is 1. The van der Waals surface area contributed by atoms with Crippen molar-refractivity contribution in [2.75, 3.05) is 5.32 Å². The molecule has 0 amide bonds. The first kappa shape index (κ1) is 15.5. The number of nitrogens with one attached hydrogen (secondary N) is 1. The summed E-state index contributed by atoms with van der Waals surface area (Å²) in [5, 5.41) is 4.11. The predicted molar refractivity (Wildman–Crippen MR) is 102 cm³/mol. The van der Waals surface area contributed by atoms with E-state index in [4.69, 9.17) is 16.6 Å². The third-order valence-corrected chi connectivity index (χ3v) is 4.11. The normalized spacial score (nSPS) is 10.8. The van der Waals surface area contributed by atoms with Gasteiger partial charge in [0.15, 0.2) is 11.5 Å². The average Bonchev–Trinajstić information content (AvgIpc) is 2.67. The van der Waals surface area contributed by atoms with Crippen LogP contribution in [-0.4, -0.2) is 15.0 Å². The second-order valence-electron chi connectivity index (χ2n) is 5.61. The lowest BCUT2D eigenvalue weighted by molar-refractivity contribution is 1.10. The van der Waals surface area contributed by atoms with Crippen LogP contribution in [0.1, 0.15) is 5.56 Å². The molecule has 0 bridgehead atoms. The highest BCUT2D eigenvalue weighted by Gasteiger charge is 2.11. The van der Waals surface area contributed by atoms with Gasteiger partial charge < -0.3 is 5.32 Å². The van der Waals surface area contributed by atoms with Gasteiger partial charge in [-0.2, -0.15) is 0 Å². The van der Waals surface area contributed by atoms with Crippen molar-refractivity contribution in [1.82, 2.24) is 15.0 Å². The molecule has 2 aromatic carbocycles. The van der Waals surface area contributed by atoms with Crippen molar-refractivity contribution in [2.24, 2.45) is 0 Å². The van der Waals surface area contributed by atoms with E-state index < -0.39 is 0 Å². The molecule has 4 rings (SSSR count). The molecule has 0 aliphatic heterocycles. The van der Waals surface area contributed by atoms with Crippen molar-refractivity contribution in [3.8, 4) is 11.3 Å². The number of benzene rings is 2. The van der Waals surface area contributed by atoms with Gasteiger partial charge in [-0.05, 0) is 29.8 Å². The monoisotopic (exact) mass is 346 g/mol. The zero-order chi connectivity index (χ0) is 17.1. The molecule has 0 saturated carbocycles. The Bertz CT molecular complexity index is 1000. The third kappa shape index (κ3) is 3.44. The Morgan fingerprint density at radius 3 is 2.44 bits per heavy atom. The minimum atomic E-state index is 0.626. The van der Waals surface area contributed by atoms with E-state index in [1.165, 1.54) is 0 Å². The maximum Gasteiger partial charge on any atom is 0.180 e. The number of aromatic nitrogens is 3. The van der Waals surface area contributed by atoms with Gasteiger partial charge in [0.2, 0.25) is 0 Å². The lowest BCUT2D eigenvalue weighted by Crippen LogP contribution is -2.05. The van der Waals surface area contributed by atoms with Gasteiger partial charge >= 0.3 is 0 Å². The van der Waals surface area contributed by atoms with Crippen molar-refractivity contribution >= 4 is 28.6 Å². The van der Waals surface area contributed by atoms with Gasteiger partial charge in [-0.3, -0.25) is 0 Å². The van der Waals surface area contributed by atoms with Crippen LogP contribution in [0.3, 0.4) is 0 Å². The molecule has 2 heterocycles. The Morgan fingerprint density at radius 2 is 1.64 bits per heavy atom. The van der Waals surface area contributed by atoms with E-state index in [0.29, 0.717) is 18.0 Å². The van der Waals surface area contributed by atoms with Crippen LogP contribution in [-0.2, 0) is 6.54 Å². The van der Waals surface area contributed by atoms with E-state index in [0.717, 1.165) is 27.4 Å². The lowest BCUT2D eigenvalue weighted by Gasteiger charge is -2.12. The van der Waals surface area contributed by atoms with Crippen LogP contribution in [0.5, 0.6) is 0 Å². The summed E-state index contributed by atoms with van der Waals surface area (Å²) in [5.41, 5.74) is 4.35. The molecule has 1 N–H and O–H groups in total. The van der Waals surface area contributed by atoms with Gasteiger partial charge in [0.1, 0.15) is 11.2 Å². The molecule has 2 aromatic heterocycles. The summed E-state index contributed by atoms with van der Waals surface area (Å²) in [6.07, 6.45) is 1.72. The van der Waals surface area contributed by atoms with Crippen LogP contribution in [0.25, 0.3) is 22.4 Å². The summed E-state index contributed by atoms with van der Waals surface area (Å²) < 4.78 is 0. The largest absolute Gasteiger partial charge is 0.364 e. The third-order valence-electron chi connectivity index (χ3n) is 3.86. The molecule has 0 atom stereocenters. The summed E-state index contributed by atoms with van der Waals surface area (Å²) in [6, 6.07) is 21.6. The molecule has 0 saturated heterocycles. The number of pyridine rings is 1. The Hall–Kier alpha value is -2.98. The van der Waals surface area contributed by atoms with E-state index in [-0.39, 0.29) is 0 Å². The van der Waals surface area contributed by atoms with Gasteiger partial charge in [0.25, 0.3) is 0 Å². The molecule has 0 spiro atoms. The first-order valence-corrected chi connectivity index (χ1v) is 8.34. The SMILES string of the molecule is Clc1ccc(CNc2nc3ncccc3nc2-c2ccccc2)cc1. The Kier molecular flexibility index (Phi) is 4.27. The summed E-state index contributed by atoms with van der Waals surface area (Å²) in [6.45, 7) is 0.629. The zero-order valence-corrected chi connectivity index (χ0v) is 14.1. The van der Waals surface area contributed by atoms with Crippen molar-refractivity contribution in [2.45, 2.75) is 6.54 Å². The van der Waals surface area contributed by atoms with Gasteiger partial charge in [0, 0.05) is 23.3 Å². The van der Waals surface area contributed by atoms with Crippen LogP contribution < -0.4 is 5.32 Å². The molecular weight excluding hydrogens is 332 g/mol. The number of rotatable bonds is 4. The summed E-state index contributed by atoms with van der Waals surface area (Å²) in [5.74, 6) is 0.715. The molecule has 0 aliphatic rings. The van der Waals surface area contributed by atoms with Crippen LogP contribution >= 0.6 is 11.6 Å². The molecule has 0 aliphatic carbocycles. The van der Waals surface area contributed by atoms with Crippen LogP contribution in [0.15, 0.2) is 72.9 Å². The zero-order valence-electron chi connectivity index (χ0n) is 13.4. The topological polar surface area (TPSA) is 50.7 Å². The second kappa shape index (κ2) is 6.87. The molecule has 0 unspecified atom stereocenters. The predicted octanol–water partition coefficient (Wildman–Crippen LogP) is 4.96. The molecule has 25 heavy (non-hydrogen) atoms. The highest BCUT2D eigenvalue weighted by Crippen LogP contribution is 2.26. The number of nitrogens with zero attached hydrogens (tertiary/aromatic N) is 3. The number of hydrogen-bond donors (Lipinski definition) is 1. The molecule has 5 heteroatoms. The van der Waals surface area contributed by atoms with Gasteiger partial charge in [0.05, 0.1) is 0 Å². The maximum absolute atomic E-state index is 5.95. The molecular formula is C20H15ClN4. The Labute approximate surface area is 150 Å². The van der Waals surface area contributed by atoms with E-state index in [1.807, 2.05) is 66.7 Å². The summed E-state index contributed by atoms with van der Waals surface area (Å²) >= 11 is 5.95. The molecule has 4 nitrogen and oxygen atoms in total. The highest BCUT2D eigenvalue weighted by molar-refractivity contribution is 6.30. The summed E-state index contributed by atoms with van der Waals surface area (Å²) in [4.78, 5) is 13.7. The van der Waals surface area contributed by atoms with E-state index in [2.05, 4.69) is 15.3 Å². The van der Waals surface area contributed by atoms with Crippen molar-refractivity contribution in [1.29, 1.82) is 0 Å². The highest BCUT2D eigenvalue weighted by atomic mass is 35.5. The first-order chi connectivity index (χ1) is 12.3. The van der Waals surface area contributed by atoms with Gasteiger partial charge in [-0.1, -0.05) is 54.1 Å². The van der Waals surface area contributed by atoms with E-state index >= 15 is 0 Å². The van der Waals surface area contributed by atoms with Crippen molar-refractivity contribution in [3.05, 3.63) is 83.5 Å². The van der Waals surface area contributed by atoms with Gasteiger partial charge in [-0.25, -0.2) is 15.0 Å². The van der Waals surface area contributed by atoms with Crippen LogP contribution in [0.4, 0.5) is 5.82 Å². The summed E-state index contributed by atoms with van der Waals surface area (Å²) in [7, 11) is 0. The molecule has 0 fully saturated rings. The Morgan fingerprint density at radius 1 is 0.840 bits per heavy atom. The smallest absolute Gasteiger partial charge is 0.180 e. The van der Waals surface area contributed by atoms with Crippen LogP contribution in [0, 0.1) is 0 Å². The average molecular weight is 347 g/mol. The van der Waals surface area contributed by atoms with Crippen molar-refractivity contribution < 1.29 is 0 Å². The molecule has 0 radical (unpaired) electrons.